The predicted molar refractivity (Wildman–Crippen MR) is 80.2 cm³/mol. The van der Waals surface area contributed by atoms with Crippen LogP contribution in [0.1, 0.15) is 43.4 Å². The first-order valence-corrected chi connectivity index (χ1v) is 6.86. The van der Waals surface area contributed by atoms with Crippen molar-refractivity contribution in [3.05, 3.63) is 71.3 Å². The van der Waals surface area contributed by atoms with Gasteiger partial charge < -0.3 is 5.11 Å². The van der Waals surface area contributed by atoms with Gasteiger partial charge in [0.15, 0.2) is 0 Å². The molecule has 0 aromatic heterocycles. The monoisotopic (exact) mass is 254 g/mol. The van der Waals surface area contributed by atoms with Crippen molar-refractivity contribution in [1.29, 1.82) is 0 Å². The molecule has 1 nitrogen and oxygen atoms in total. The Morgan fingerprint density at radius 2 is 1.53 bits per heavy atom. The molecule has 1 heteroatoms. The molecule has 1 N–H and O–H groups in total. The zero-order valence-electron chi connectivity index (χ0n) is 11.9. The Morgan fingerprint density at radius 1 is 0.947 bits per heavy atom. The van der Waals surface area contributed by atoms with Crippen molar-refractivity contribution in [1.82, 2.24) is 0 Å². The fourth-order valence-electron chi connectivity index (χ4n) is 2.32. The lowest BCUT2D eigenvalue weighted by molar-refractivity contribution is 0.0576. The molecule has 0 saturated carbocycles. The van der Waals surface area contributed by atoms with Crippen LogP contribution in [-0.2, 0) is 12.0 Å². The molecule has 0 radical (unpaired) electrons. The summed E-state index contributed by atoms with van der Waals surface area (Å²) in [6.45, 7) is 6.25. The topological polar surface area (TPSA) is 20.2 Å². The molecule has 0 heterocycles. The molecule has 2 aromatic rings. The van der Waals surface area contributed by atoms with Gasteiger partial charge in [0, 0.05) is 6.42 Å². The number of benzene rings is 2. The number of rotatable bonds is 4. The summed E-state index contributed by atoms with van der Waals surface area (Å²) in [5, 5.41) is 10.6. The average molecular weight is 254 g/mol. The highest BCUT2D eigenvalue weighted by Crippen LogP contribution is 2.25. The molecule has 0 fully saturated rings. The van der Waals surface area contributed by atoms with Crippen molar-refractivity contribution in [2.75, 3.05) is 0 Å². The van der Waals surface area contributed by atoms with Crippen LogP contribution in [0.4, 0.5) is 0 Å². The maximum atomic E-state index is 10.6. The quantitative estimate of drug-likeness (QED) is 0.864. The molecule has 0 spiro atoms. The SMILES string of the molecule is CC(C)c1ccc(CC(C)(O)c2ccccc2)cc1. The van der Waals surface area contributed by atoms with Crippen molar-refractivity contribution >= 4 is 0 Å². The van der Waals surface area contributed by atoms with E-state index in [9.17, 15) is 5.11 Å². The van der Waals surface area contributed by atoms with Crippen molar-refractivity contribution < 1.29 is 5.11 Å². The molecular weight excluding hydrogens is 232 g/mol. The first-order valence-electron chi connectivity index (χ1n) is 6.86. The Morgan fingerprint density at radius 3 is 2.05 bits per heavy atom. The van der Waals surface area contributed by atoms with Gasteiger partial charge in [-0.25, -0.2) is 0 Å². The van der Waals surface area contributed by atoms with Crippen molar-refractivity contribution in [2.45, 2.75) is 38.7 Å². The summed E-state index contributed by atoms with van der Waals surface area (Å²) >= 11 is 0. The van der Waals surface area contributed by atoms with Gasteiger partial charge in [0.25, 0.3) is 0 Å². The summed E-state index contributed by atoms with van der Waals surface area (Å²) in [5.74, 6) is 0.545. The standard InChI is InChI=1S/C18H22O/c1-14(2)16-11-9-15(10-12-16)13-18(3,19)17-7-5-4-6-8-17/h4-12,14,19H,13H2,1-3H3. The van der Waals surface area contributed by atoms with E-state index in [2.05, 4.69) is 38.1 Å². The molecule has 2 rings (SSSR count). The van der Waals surface area contributed by atoms with Crippen LogP contribution in [0.5, 0.6) is 0 Å². The van der Waals surface area contributed by atoms with Gasteiger partial charge in [-0.1, -0.05) is 68.4 Å². The minimum Gasteiger partial charge on any atom is -0.385 e. The third kappa shape index (κ3) is 3.45. The van der Waals surface area contributed by atoms with Crippen molar-refractivity contribution in [3.63, 3.8) is 0 Å². The molecule has 19 heavy (non-hydrogen) atoms. The second-order valence-electron chi connectivity index (χ2n) is 5.71. The van der Waals surface area contributed by atoms with E-state index in [1.807, 2.05) is 37.3 Å². The van der Waals surface area contributed by atoms with Gasteiger partial charge in [0.2, 0.25) is 0 Å². The largest absolute Gasteiger partial charge is 0.385 e. The van der Waals surface area contributed by atoms with Gasteiger partial charge in [0.05, 0.1) is 5.60 Å². The molecule has 0 aliphatic heterocycles. The fourth-order valence-corrected chi connectivity index (χ4v) is 2.32. The predicted octanol–water partition coefficient (Wildman–Crippen LogP) is 4.26. The maximum Gasteiger partial charge on any atom is 0.0908 e. The number of aliphatic hydroxyl groups is 1. The van der Waals surface area contributed by atoms with Crippen LogP contribution < -0.4 is 0 Å². The number of hydrogen-bond acceptors (Lipinski definition) is 1. The normalized spacial score (nSPS) is 14.4. The van der Waals surface area contributed by atoms with Crippen molar-refractivity contribution in [3.8, 4) is 0 Å². The average Bonchev–Trinajstić information content (AvgIpc) is 2.40. The zero-order valence-corrected chi connectivity index (χ0v) is 11.9. The Hall–Kier alpha value is -1.60. The third-order valence-electron chi connectivity index (χ3n) is 3.59. The van der Waals surface area contributed by atoms with E-state index in [0.717, 1.165) is 5.56 Å². The van der Waals surface area contributed by atoms with Gasteiger partial charge in [-0.2, -0.15) is 0 Å². The Kier molecular flexibility index (Phi) is 4.06. The van der Waals surface area contributed by atoms with E-state index in [1.165, 1.54) is 11.1 Å². The minimum absolute atomic E-state index is 0.545. The number of hydrogen-bond donors (Lipinski definition) is 1. The van der Waals surface area contributed by atoms with E-state index in [4.69, 9.17) is 0 Å². The second kappa shape index (κ2) is 5.58. The molecule has 2 aromatic carbocycles. The van der Waals surface area contributed by atoms with Crippen LogP contribution in [0.2, 0.25) is 0 Å². The first kappa shape index (κ1) is 13.8. The fraction of sp³-hybridized carbons (Fsp3) is 0.333. The molecule has 0 amide bonds. The van der Waals surface area contributed by atoms with E-state index < -0.39 is 5.60 Å². The van der Waals surface area contributed by atoms with Gasteiger partial charge in [-0.3, -0.25) is 0 Å². The summed E-state index contributed by atoms with van der Waals surface area (Å²) in [4.78, 5) is 0. The van der Waals surface area contributed by atoms with Crippen LogP contribution >= 0.6 is 0 Å². The van der Waals surface area contributed by atoms with Crippen LogP contribution in [0.3, 0.4) is 0 Å². The minimum atomic E-state index is -0.819. The molecule has 0 saturated heterocycles. The molecule has 100 valence electrons. The Balaban J connectivity index is 2.16. The third-order valence-corrected chi connectivity index (χ3v) is 3.59. The smallest absolute Gasteiger partial charge is 0.0908 e. The molecular formula is C18H22O. The van der Waals surface area contributed by atoms with Gasteiger partial charge >= 0.3 is 0 Å². The Bertz CT molecular complexity index is 509. The van der Waals surface area contributed by atoms with E-state index in [0.29, 0.717) is 12.3 Å². The van der Waals surface area contributed by atoms with Gasteiger partial charge in [0.1, 0.15) is 0 Å². The van der Waals surface area contributed by atoms with Crippen LogP contribution in [0.15, 0.2) is 54.6 Å². The molecule has 0 aliphatic carbocycles. The summed E-state index contributed by atoms with van der Waals surface area (Å²) < 4.78 is 0. The Labute approximate surface area is 115 Å². The summed E-state index contributed by atoms with van der Waals surface area (Å²) in [6, 6.07) is 18.4. The van der Waals surface area contributed by atoms with Crippen LogP contribution in [-0.4, -0.2) is 5.11 Å². The summed E-state index contributed by atoms with van der Waals surface area (Å²) in [5.41, 5.74) is 2.64. The highest BCUT2D eigenvalue weighted by Gasteiger charge is 2.23. The molecule has 1 atom stereocenters. The van der Waals surface area contributed by atoms with E-state index >= 15 is 0 Å². The summed E-state index contributed by atoms with van der Waals surface area (Å²) in [6.07, 6.45) is 0.634. The first-order chi connectivity index (χ1) is 8.99. The highest BCUT2D eigenvalue weighted by molar-refractivity contribution is 5.29. The van der Waals surface area contributed by atoms with E-state index in [1.54, 1.807) is 0 Å². The highest BCUT2D eigenvalue weighted by atomic mass is 16.3. The molecule has 1 unspecified atom stereocenters. The van der Waals surface area contributed by atoms with Gasteiger partial charge in [-0.05, 0) is 29.5 Å². The zero-order chi connectivity index (χ0) is 13.9. The van der Waals surface area contributed by atoms with Gasteiger partial charge in [-0.15, -0.1) is 0 Å². The lowest BCUT2D eigenvalue weighted by atomic mass is 9.88. The lowest BCUT2D eigenvalue weighted by Gasteiger charge is -2.24. The summed E-state index contributed by atoms with van der Waals surface area (Å²) in [7, 11) is 0. The maximum absolute atomic E-state index is 10.6. The second-order valence-corrected chi connectivity index (χ2v) is 5.71. The lowest BCUT2D eigenvalue weighted by Crippen LogP contribution is -2.24. The van der Waals surface area contributed by atoms with Crippen LogP contribution in [0.25, 0.3) is 0 Å². The van der Waals surface area contributed by atoms with Crippen LogP contribution in [0, 0.1) is 0 Å². The van der Waals surface area contributed by atoms with E-state index in [-0.39, 0.29) is 0 Å². The van der Waals surface area contributed by atoms with Crippen molar-refractivity contribution in [2.24, 2.45) is 0 Å². The molecule has 0 bridgehead atoms. The molecule has 0 aliphatic rings.